The number of hydrogen-bond acceptors (Lipinski definition) is 9. The molecule has 0 amide bonds. The standard InChI is InChI=1S/C11H12N8O2/c1-20-9-3-2-8(15-16-9)11-13-10(21-17-11)6-19-5-7(4-12)14-18-19/h2-3,5H,4,6,12H2,1H3. The fraction of sp³-hybridized carbons (Fsp3) is 0.273. The minimum atomic E-state index is 0.309. The van der Waals surface area contributed by atoms with Gasteiger partial charge in [-0.2, -0.15) is 4.98 Å². The summed E-state index contributed by atoms with van der Waals surface area (Å²) in [6.45, 7) is 0.639. The third-order valence-electron chi connectivity index (χ3n) is 2.64. The van der Waals surface area contributed by atoms with Gasteiger partial charge >= 0.3 is 0 Å². The second kappa shape index (κ2) is 5.63. The van der Waals surface area contributed by atoms with Gasteiger partial charge in [-0.1, -0.05) is 10.4 Å². The van der Waals surface area contributed by atoms with Crippen molar-refractivity contribution in [2.24, 2.45) is 5.73 Å². The first-order valence-corrected chi connectivity index (χ1v) is 6.08. The van der Waals surface area contributed by atoms with Gasteiger partial charge in [-0.25, -0.2) is 4.68 Å². The average molecular weight is 288 g/mol. The Morgan fingerprint density at radius 2 is 2.19 bits per heavy atom. The van der Waals surface area contributed by atoms with Crippen molar-refractivity contribution in [3.05, 3.63) is 29.9 Å². The molecule has 0 spiro atoms. The van der Waals surface area contributed by atoms with Crippen LogP contribution in [0.1, 0.15) is 11.6 Å². The van der Waals surface area contributed by atoms with Gasteiger partial charge in [0.1, 0.15) is 12.2 Å². The van der Waals surface area contributed by atoms with Crippen LogP contribution < -0.4 is 10.5 Å². The Hall–Kier alpha value is -2.88. The molecule has 10 heteroatoms. The van der Waals surface area contributed by atoms with Crippen LogP contribution >= 0.6 is 0 Å². The molecule has 3 rings (SSSR count). The van der Waals surface area contributed by atoms with Crippen molar-refractivity contribution in [3.8, 4) is 17.4 Å². The molecule has 0 aromatic carbocycles. The first-order valence-electron chi connectivity index (χ1n) is 6.08. The van der Waals surface area contributed by atoms with Crippen LogP contribution in [-0.2, 0) is 13.1 Å². The zero-order valence-corrected chi connectivity index (χ0v) is 11.2. The maximum atomic E-state index is 5.47. The van der Waals surface area contributed by atoms with E-state index in [1.165, 1.54) is 7.11 Å². The van der Waals surface area contributed by atoms with Crippen molar-refractivity contribution >= 4 is 0 Å². The minimum absolute atomic E-state index is 0.309. The van der Waals surface area contributed by atoms with Gasteiger partial charge in [0.2, 0.25) is 17.6 Å². The lowest BCUT2D eigenvalue weighted by atomic mass is 10.4. The lowest BCUT2D eigenvalue weighted by Gasteiger charge is -1.96. The molecule has 0 fully saturated rings. The summed E-state index contributed by atoms with van der Waals surface area (Å²) in [5.41, 5.74) is 6.65. The molecular formula is C11H12N8O2. The first kappa shape index (κ1) is 13.1. The van der Waals surface area contributed by atoms with Crippen molar-refractivity contribution in [2.45, 2.75) is 13.1 Å². The molecular weight excluding hydrogens is 276 g/mol. The lowest BCUT2D eigenvalue weighted by molar-refractivity contribution is 0.364. The molecule has 0 aliphatic heterocycles. The highest BCUT2D eigenvalue weighted by Gasteiger charge is 2.12. The van der Waals surface area contributed by atoms with Gasteiger partial charge in [0, 0.05) is 12.6 Å². The van der Waals surface area contributed by atoms with E-state index in [4.69, 9.17) is 15.0 Å². The normalized spacial score (nSPS) is 10.8. The monoisotopic (exact) mass is 288 g/mol. The molecule has 2 N–H and O–H groups in total. The van der Waals surface area contributed by atoms with Gasteiger partial charge < -0.3 is 15.0 Å². The average Bonchev–Trinajstić information content (AvgIpc) is 3.17. The Morgan fingerprint density at radius 3 is 2.86 bits per heavy atom. The third-order valence-corrected chi connectivity index (χ3v) is 2.64. The molecule has 3 aromatic heterocycles. The highest BCUT2D eigenvalue weighted by molar-refractivity contribution is 5.47. The molecule has 0 bridgehead atoms. The van der Waals surface area contributed by atoms with Crippen LogP contribution in [0.3, 0.4) is 0 Å². The summed E-state index contributed by atoms with van der Waals surface area (Å²) in [5.74, 6) is 1.15. The van der Waals surface area contributed by atoms with Crippen molar-refractivity contribution in [1.29, 1.82) is 0 Å². The van der Waals surface area contributed by atoms with E-state index >= 15 is 0 Å². The molecule has 108 valence electrons. The Bertz CT molecular complexity index is 720. The summed E-state index contributed by atoms with van der Waals surface area (Å²) in [4.78, 5) is 4.23. The van der Waals surface area contributed by atoms with E-state index in [9.17, 15) is 0 Å². The van der Waals surface area contributed by atoms with E-state index in [1.54, 1.807) is 23.0 Å². The Morgan fingerprint density at radius 1 is 1.29 bits per heavy atom. The van der Waals surface area contributed by atoms with E-state index in [1.807, 2.05) is 0 Å². The van der Waals surface area contributed by atoms with Crippen LogP contribution in [0, 0.1) is 0 Å². The van der Waals surface area contributed by atoms with Crippen LogP contribution in [0.4, 0.5) is 0 Å². The summed E-state index contributed by atoms with van der Waals surface area (Å²) in [7, 11) is 1.52. The predicted octanol–water partition coefficient (Wildman–Crippen LogP) is -0.366. The van der Waals surface area contributed by atoms with Crippen LogP contribution in [0.25, 0.3) is 11.5 Å². The van der Waals surface area contributed by atoms with Crippen LogP contribution in [0.5, 0.6) is 5.88 Å². The smallest absolute Gasteiger partial charge is 0.248 e. The number of hydrogen-bond donors (Lipinski definition) is 1. The second-order valence-corrected chi connectivity index (χ2v) is 4.08. The minimum Gasteiger partial charge on any atom is -0.480 e. The highest BCUT2D eigenvalue weighted by Crippen LogP contribution is 2.14. The Labute approximate surface area is 118 Å². The molecule has 0 aliphatic rings. The van der Waals surface area contributed by atoms with E-state index < -0.39 is 0 Å². The number of aromatic nitrogens is 7. The van der Waals surface area contributed by atoms with E-state index in [0.29, 0.717) is 42.1 Å². The third kappa shape index (κ3) is 2.84. The van der Waals surface area contributed by atoms with Gasteiger partial charge in [-0.15, -0.1) is 15.3 Å². The van der Waals surface area contributed by atoms with Crippen molar-refractivity contribution in [2.75, 3.05) is 7.11 Å². The van der Waals surface area contributed by atoms with Crippen molar-refractivity contribution in [3.63, 3.8) is 0 Å². The van der Waals surface area contributed by atoms with Gasteiger partial charge in [0.05, 0.1) is 19.0 Å². The van der Waals surface area contributed by atoms with Crippen LogP contribution in [0.2, 0.25) is 0 Å². The van der Waals surface area contributed by atoms with Gasteiger partial charge in [0.15, 0.2) is 0 Å². The van der Waals surface area contributed by atoms with E-state index in [0.717, 1.165) is 0 Å². The van der Waals surface area contributed by atoms with Gasteiger partial charge in [0.25, 0.3) is 0 Å². The number of methoxy groups -OCH3 is 1. The predicted molar refractivity (Wildman–Crippen MR) is 68.9 cm³/mol. The summed E-state index contributed by atoms with van der Waals surface area (Å²) >= 11 is 0. The van der Waals surface area contributed by atoms with Gasteiger partial charge in [-0.3, -0.25) is 0 Å². The molecule has 0 radical (unpaired) electrons. The maximum Gasteiger partial charge on any atom is 0.248 e. The summed E-state index contributed by atoms with van der Waals surface area (Å²) < 4.78 is 11.6. The SMILES string of the molecule is COc1ccc(-c2noc(Cn3cc(CN)nn3)n2)nn1. The zero-order valence-electron chi connectivity index (χ0n) is 11.2. The summed E-state index contributed by atoms with van der Waals surface area (Å²) in [6.07, 6.45) is 1.72. The second-order valence-electron chi connectivity index (χ2n) is 4.08. The fourth-order valence-corrected chi connectivity index (χ4v) is 1.62. The van der Waals surface area contributed by atoms with Gasteiger partial charge in [-0.05, 0) is 6.07 Å². The van der Waals surface area contributed by atoms with Crippen LogP contribution in [0.15, 0.2) is 22.9 Å². The number of rotatable bonds is 5. The van der Waals surface area contributed by atoms with Crippen molar-refractivity contribution in [1.82, 2.24) is 35.3 Å². The molecule has 21 heavy (non-hydrogen) atoms. The molecule has 0 saturated carbocycles. The number of nitrogens with zero attached hydrogens (tertiary/aromatic N) is 7. The fourth-order valence-electron chi connectivity index (χ4n) is 1.62. The van der Waals surface area contributed by atoms with E-state index in [2.05, 4.69) is 30.7 Å². The molecule has 3 heterocycles. The van der Waals surface area contributed by atoms with E-state index in [-0.39, 0.29) is 0 Å². The largest absolute Gasteiger partial charge is 0.480 e. The Balaban J connectivity index is 1.75. The quantitative estimate of drug-likeness (QED) is 0.668. The first-order chi connectivity index (χ1) is 10.3. The number of ether oxygens (including phenoxy) is 1. The topological polar surface area (TPSA) is 131 Å². The lowest BCUT2D eigenvalue weighted by Crippen LogP contribution is -2.01. The molecule has 0 aliphatic carbocycles. The zero-order chi connectivity index (χ0) is 14.7. The molecule has 0 atom stereocenters. The maximum absolute atomic E-state index is 5.47. The summed E-state index contributed by atoms with van der Waals surface area (Å²) in [6, 6.07) is 3.37. The van der Waals surface area contributed by atoms with Crippen LogP contribution in [-0.4, -0.2) is 42.4 Å². The molecule has 10 nitrogen and oxygen atoms in total. The number of nitrogens with two attached hydrogens (primary N) is 1. The Kier molecular flexibility index (Phi) is 3.51. The van der Waals surface area contributed by atoms with Crippen molar-refractivity contribution < 1.29 is 9.26 Å². The molecule has 0 saturated heterocycles. The molecule has 0 unspecified atom stereocenters. The summed E-state index contributed by atoms with van der Waals surface area (Å²) in [5, 5.41) is 19.4. The molecule has 3 aromatic rings. The highest BCUT2D eigenvalue weighted by atomic mass is 16.5.